The average molecular weight is 302 g/mol. The van der Waals surface area contributed by atoms with E-state index >= 15 is 0 Å². The van der Waals surface area contributed by atoms with E-state index in [0.29, 0.717) is 0 Å². The van der Waals surface area contributed by atoms with Gasteiger partial charge in [0.05, 0.1) is 0 Å². The second kappa shape index (κ2) is 6.40. The highest BCUT2D eigenvalue weighted by Gasteiger charge is 2.05. The van der Waals surface area contributed by atoms with Gasteiger partial charge < -0.3 is 4.98 Å². The fourth-order valence-corrected chi connectivity index (χ4v) is 2.51. The summed E-state index contributed by atoms with van der Waals surface area (Å²) in [5.74, 6) is 0. The van der Waals surface area contributed by atoms with Crippen molar-refractivity contribution in [2.45, 2.75) is 13.8 Å². The molecule has 23 heavy (non-hydrogen) atoms. The number of H-pyrrole nitrogens is 1. The molecule has 0 bridgehead atoms. The smallest absolute Gasteiger partial charge is 0.114 e. The average Bonchev–Trinajstić information content (AvgIpc) is 2.98. The molecule has 0 saturated heterocycles. The summed E-state index contributed by atoms with van der Waals surface area (Å²) in [5.41, 5.74) is 6.57. The second-order valence-corrected chi connectivity index (χ2v) is 5.43. The van der Waals surface area contributed by atoms with Gasteiger partial charge in [0.15, 0.2) is 0 Å². The lowest BCUT2D eigenvalue weighted by Gasteiger charge is -2.00. The van der Waals surface area contributed by atoms with Crippen molar-refractivity contribution >= 4 is 29.5 Å². The fraction of sp³-hybridized carbons (Fsp3) is 0.105. The molecule has 0 atom stereocenters. The SMILES string of the molecule is C=N/C=N\C=C(/C)c1ccc2[nH]c(-c3ccnc(C)c3)cc2c1. The highest BCUT2D eigenvalue weighted by atomic mass is 14.8. The van der Waals surface area contributed by atoms with Crippen LogP contribution >= 0.6 is 0 Å². The van der Waals surface area contributed by atoms with Gasteiger partial charge in [0.1, 0.15) is 6.34 Å². The minimum absolute atomic E-state index is 1.01. The van der Waals surface area contributed by atoms with Crippen molar-refractivity contribution in [1.82, 2.24) is 9.97 Å². The van der Waals surface area contributed by atoms with Gasteiger partial charge in [-0.3, -0.25) is 9.98 Å². The third-order valence-corrected chi connectivity index (χ3v) is 3.70. The van der Waals surface area contributed by atoms with E-state index in [9.17, 15) is 0 Å². The van der Waals surface area contributed by atoms with Crippen LogP contribution in [0.25, 0.3) is 27.7 Å². The highest BCUT2D eigenvalue weighted by Crippen LogP contribution is 2.27. The molecule has 1 aromatic carbocycles. The molecule has 0 radical (unpaired) electrons. The number of rotatable bonds is 4. The lowest BCUT2D eigenvalue weighted by Crippen LogP contribution is -1.82. The van der Waals surface area contributed by atoms with E-state index in [4.69, 9.17) is 0 Å². The number of allylic oxidation sites excluding steroid dienone is 1. The fourth-order valence-electron chi connectivity index (χ4n) is 2.51. The van der Waals surface area contributed by atoms with Crippen LogP contribution in [0.2, 0.25) is 0 Å². The molecular formula is C19H18N4. The molecule has 4 nitrogen and oxygen atoms in total. The van der Waals surface area contributed by atoms with Gasteiger partial charge in [-0.2, -0.15) is 0 Å². The number of hydrogen-bond acceptors (Lipinski definition) is 2. The molecule has 1 N–H and O–H groups in total. The lowest BCUT2D eigenvalue weighted by molar-refractivity contribution is 1.20. The molecule has 0 aliphatic carbocycles. The van der Waals surface area contributed by atoms with Crippen LogP contribution < -0.4 is 0 Å². The zero-order valence-electron chi connectivity index (χ0n) is 13.2. The summed E-state index contributed by atoms with van der Waals surface area (Å²) in [7, 11) is 0. The Labute approximate surface area is 135 Å². The third-order valence-electron chi connectivity index (χ3n) is 3.70. The molecular weight excluding hydrogens is 284 g/mol. The minimum Gasteiger partial charge on any atom is -0.355 e. The standard InChI is InChI=1S/C19H18N4/c1-13(11-21-12-20-3)15-4-5-18-17(9-15)10-19(23-18)16-6-7-22-14(2)8-16/h4-12,23H,3H2,1-2H3/b13-11+,21-12-. The number of aryl methyl sites for hydroxylation is 1. The number of nitrogens with one attached hydrogen (secondary N) is 1. The maximum absolute atomic E-state index is 4.25. The van der Waals surface area contributed by atoms with Crippen LogP contribution in [-0.4, -0.2) is 23.0 Å². The number of benzene rings is 1. The van der Waals surface area contributed by atoms with Gasteiger partial charge in [-0.15, -0.1) is 0 Å². The zero-order valence-corrected chi connectivity index (χ0v) is 13.2. The van der Waals surface area contributed by atoms with E-state index in [1.807, 2.05) is 26.1 Å². The summed E-state index contributed by atoms with van der Waals surface area (Å²) in [6, 6.07) is 12.6. The first-order valence-electron chi connectivity index (χ1n) is 7.38. The third kappa shape index (κ3) is 3.26. The maximum atomic E-state index is 4.25. The normalized spacial score (nSPS) is 12.2. The number of aromatic nitrogens is 2. The largest absolute Gasteiger partial charge is 0.355 e. The molecule has 3 aromatic rings. The summed E-state index contributed by atoms with van der Waals surface area (Å²) < 4.78 is 0. The van der Waals surface area contributed by atoms with Gasteiger partial charge in [0, 0.05) is 40.3 Å². The van der Waals surface area contributed by atoms with Crippen molar-refractivity contribution in [3.63, 3.8) is 0 Å². The predicted molar refractivity (Wildman–Crippen MR) is 98.0 cm³/mol. The topological polar surface area (TPSA) is 53.4 Å². The molecule has 114 valence electrons. The number of pyridine rings is 1. The predicted octanol–water partition coefficient (Wildman–Crippen LogP) is 4.63. The quantitative estimate of drug-likeness (QED) is 0.554. The van der Waals surface area contributed by atoms with Crippen molar-refractivity contribution in [2.24, 2.45) is 9.98 Å². The van der Waals surface area contributed by atoms with E-state index in [0.717, 1.165) is 33.6 Å². The molecule has 0 unspecified atom stereocenters. The minimum atomic E-state index is 1.01. The Morgan fingerprint density at radius 1 is 1.22 bits per heavy atom. The van der Waals surface area contributed by atoms with Gasteiger partial charge in [-0.25, -0.2) is 4.99 Å². The Bertz CT molecular complexity index is 916. The van der Waals surface area contributed by atoms with Crippen LogP contribution in [-0.2, 0) is 0 Å². The van der Waals surface area contributed by atoms with Crippen molar-refractivity contribution < 1.29 is 0 Å². The molecule has 2 aromatic heterocycles. The van der Waals surface area contributed by atoms with Crippen LogP contribution in [0.4, 0.5) is 0 Å². The number of nitrogens with zero attached hydrogens (tertiary/aromatic N) is 3. The molecule has 2 heterocycles. The monoisotopic (exact) mass is 302 g/mol. The summed E-state index contributed by atoms with van der Waals surface area (Å²) in [5, 5.41) is 1.17. The summed E-state index contributed by atoms with van der Waals surface area (Å²) in [6.45, 7) is 7.40. The maximum Gasteiger partial charge on any atom is 0.114 e. The van der Waals surface area contributed by atoms with Crippen molar-refractivity contribution in [3.05, 3.63) is 60.1 Å². The van der Waals surface area contributed by atoms with Crippen LogP contribution in [0.3, 0.4) is 0 Å². The molecule has 4 heteroatoms. The molecule has 0 spiro atoms. The van der Waals surface area contributed by atoms with Crippen molar-refractivity contribution in [3.8, 4) is 11.3 Å². The number of fused-ring (bicyclic) bond motifs is 1. The van der Waals surface area contributed by atoms with Crippen LogP contribution in [0.1, 0.15) is 18.2 Å². The van der Waals surface area contributed by atoms with Gasteiger partial charge in [-0.1, -0.05) is 6.07 Å². The Kier molecular flexibility index (Phi) is 4.15. The summed E-state index contributed by atoms with van der Waals surface area (Å²) >= 11 is 0. The highest BCUT2D eigenvalue weighted by molar-refractivity contribution is 5.88. The van der Waals surface area contributed by atoms with Crippen LogP contribution in [0, 0.1) is 6.92 Å². The van der Waals surface area contributed by atoms with Gasteiger partial charge in [-0.05, 0) is 62.0 Å². The summed E-state index contributed by atoms with van der Waals surface area (Å²) in [4.78, 5) is 15.4. The molecule has 0 amide bonds. The van der Waals surface area contributed by atoms with Gasteiger partial charge in [0.2, 0.25) is 0 Å². The van der Waals surface area contributed by atoms with E-state index in [1.165, 1.54) is 11.7 Å². The number of aromatic amines is 1. The van der Waals surface area contributed by atoms with Crippen molar-refractivity contribution in [2.75, 3.05) is 0 Å². The first-order valence-corrected chi connectivity index (χ1v) is 7.38. The molecule has 3 rings (SSSR count). The van der Waals surface area contributed by atoms with Crippen LogP contribution in [0.15, 0.2) is 58.8 Å². The van der Waals surface area contributed by atoms with Crippen molar-refractivity contribution in [1.29, 1.82) is 0 Å². The molecule has 0 aliphatic heterocycles. The van der Waals surface area contributed by atoms with E-state index in [1.54, 1.807) is 6.20 Å². The lowest BCUT2D eigenvalue weighted by atomic mass is 10.1. The van der Waals surface area contributed by atoms with Crippen LogP contribution in [0.5, 0.6) is 0 Å². The Morgan fingerprint density at radius 2 is 2.09 bits per heavy atom. The second-order valence-electron chi connectivity index (χ2n) is 5.43. The Hall–Kier alpha value is -3.01. The first-order chi connectivity index (χ1) is 11.2. The van der Waals surface area contributed by atoms with E-state index in [-0.39, 0.29) is 0 Å². The molecule has 0 aliphatic rings. The molecule has 0 fully saturated rings. The van der Waals surface area contributed by atoms with E-state index < -0.39 is 0 Å². The van der Waals surface area contributed by atoms with Gasteiger partial charge >= 0.3 is 0 Å². The Morgan fingerprint density at radius 3 is 2.87 bits per heavy atom. The number of hydrogen-bond donors (Lipinski definition) is 1. The first kappa shape index (κ1) is 14.9. The summed E-state index contributed by atoms with van der Waals surface area (Å²) in [6.07, 6.45) is 5.05. The zero-order chi connectivity index (χ0) is 16.2. The van der Waals surface area contributed by atoms with Gasteiger partial charge in [0.25, 0.3) is 0 Å². The molecule has 0 saturated carbocycles. The number of aliphatic imine (C=N–C) groups is 2. The Balaban J connectivity index is 1.99. The van der Waals surface area contributed by atoms with E-state index in [2.05, 4.69) is 57.0 Å².